The number of benzene rings is 2. The molecular weight excluding hydrogens is 499 g/mol. The number of amides is 1. The molecule has 3 rings (SSSR count). The van der Waals surface area contributed by atoms with Gasteiger partial charge in [0.25, 0.3) is 0 Å². The van der Waals surface area contributed by atoms with Gasteiger partial charge in [0.05, 0.1) is 26.9 Å². The lowest BCUT2D eigenvalue weighted by Gasteiger charge is -2.21. The molecule has 0 aliphatic carbocycles. The standard InChI is InChI=1S/C25H24F3NO8/c1-13-9-18(30)22(24(32)36-13)17(14-10-19(33-2)23(35-4)20(11-14)34-3)12-21(31)29-15-5-7-16(8-6-15)37-25(26,27)28/h5-11,17,30H,12H2,1-4H3,(H,29,31)/t17-/m0/s1. The Morgan fingerprint density at radius 2 is 1.62 bits per heavy atom. The Balaban J connectivity index is 1.99. The van der Waals surface area contributed by atoms with E-state index >= 15 is 0 Å². The zero-order chi connectivity index (χ0) is 27.3. The van der Waals surface area contributed by atoms with Crippen LogP contribution in [0.4, 0.5) is 18.9 Å². The highest BCUT2D eigenvalue weighted by Gasteiger charge is 2.31. The van der Waals surface area contributed by atoms with Crippen molar-refractivity contribution in [3.05, 3.63) is 69.8 Å². The Hall–Kier alpha value is -4.35. The number of halogens is 3. The van der Waals surface area contributed by atoms with E-state index in [0.29, 0.717) is 5.56 Å². The van der Waals surface area contributed by atoms with Crippen LogP contribution < -0.4 is 29.9 Å². The summed E-state index contributed by atoms with van der Waals surface area (Å²) in [6.45, 7) is 1.48. The lowest BCUT2D eigenvalue weighted by atomic mass is 9.88. The van der Waals surface area contributed by atoms with Gasteiger partial charge < -0.3 is 33.8 Å². The van der Waals surface area contributed by atoms with Gasteiger partial charge in [-0.2, -0.15) is 0 Å². The molecule has 1 aromatic heterocycles. The van der Waals surface area contributed by atoms with E-state index in [2.05, 4.69) is 10.1 Å². The second kappa shape index (κ2) is 11.1. The fourth-order valence-corrected chi connectivity index (χ4v) is 3.75. The number of hydrogen-bond donors (Lipinski definition) is 2. The lowest BCUT2D eigenvalue weighted by Crippen LogP contribution is -2.21. The van der Waals surface area contributed by atoms with Crippen LogP contribution >= 0.6 is 0 Å². The van der Waals surface area contributed by atoms with Gasteiger partial charge in [-0.25, -0.2) is 4.79 Å². The minimum absolute atomic E-state index is 0.167. The molecule has 198 valence electrons. The van der Waals surface area contributed by atoms with Gasteiger partial charge in [0, 0.05) is 24.1 Å². The van der Waals surface area contributed by atoms with Crippen LogP contribution in [0.2, 0.25) is 0 Å². The van der Waals surface area contributed by atoms with Crippen molar-refractivity contribution in [2.24, 2.45) is 0 Å². The van der Waals surface area contributed by atoms with Gasteiger partial charge >= 0.3 is 12.0 Å². The number of carbonyl (C=O) groups is 1. The Morgan fingerprint density at radius 3 is 2.11 bits per heavy atom. The molecule has 1 heterocycles. The topological polar surface area (TPSA) is 116 Å². The van der Waals surface area contributed by atoms with Crippen LogP contribution in [0, 0.1) is 6.92 Å². The quantitative estimate of drug-likeness (QED) is 0.413. The van der Waals surface area contributed by atoms with Gasteiger partial charge in [-0.3, -0.25) is 4.79 Å². The van der Waals surface area contributed by atoms with E-state index in [4.69, 9.17) is 18.6 Å². The predicted molar refractivity (Wildman–Crippen MR) is 126 cm³/mol. The highest BCUT2D eigenvalue weighted by molar-refractivity contribution is 5.91. The van der Waals surface area contributed by atoms with Gasteiger partial charge in [-0.05, 0) is 48.9 Å². The molecule has 0 bridgehead atoms. The van der Waals surface area contributed by atoms with Crippen molar-refractivity contribution in [1.82, 2.24) is 0 Å². The Labute approximate surface area is 209 Å². The molecule has 2 aromatic carbocycles. The van der Waals surface area contributed by atoms with E-state index < -0.39 is 29.6 Å². The molecule has 9 nitrogen and oxygen atoms in total. The summed E-state index contributed by atoms with van der Waals surface area (Å²) >= 11 is 0. The van der Waals surface area contributed by atoms with Gasteiger partial charge in [0.15, 0.2) is 11.5 Å². The molecule has 37 heavy (non-hydrogen) atoms. The normalized spacial score (nSPS) is 12.0. The average molecular weight is 523 g/mol. The van der Waals surface area contributed by atoms with Crippen LogP contribution in [-0.4, -0.2) is 38.7 Å². The first-order valence-electron chi connectivity index (χ1n) is 10.7. The van der Waals surface area contributed by atoms with Gasteiger partial charge in [-0.15, -0.1) is 13.2 Å². The van der Waals surface area contributed by atoms with E-state index in [0.717, 1.165) is 12.1 Å². The van der Waals surface area contributed by atoms with Crippen molar-refractivity contribution in [3.63, 3.8) is 0 Å². The number of aryl methyl sites for hydroxylation is 1. The maximum Gasteiger partial charge on any atom is 0.573 e. The number of methoxy groups -OCH3 is 3. The van der Waals surface area contributed by atoms with E-state index in [-0.39, 0.29) is 46.4 Å². The minimum Gasteiger partial charge on any atom is -0.507 e. The summed E-state index contributed by atoms with van der Waals surface area (Å²) in [5.74, 6) is -1.53. The molecule has 0 fully saturated rings. The predicted octanol–water partition coefficient (Wildman–Crippen LogP) is 4.74. The third-order valence-electron chi connectivity index (χ3n) is 5.29. The van der Waals surface area contributed by atoms with E-state index in [1.807, 2.05) is 0 Å². The van der Waals surface area contributed by atoms with Gasteiger partial charge in [-0.1, -0.05) is 0 Å². The average Bonchev–Trinajstić information content (AvgIpc) is 2.82. The summed E-state index contributed by atoms with van der Waals surface area (Å²) in [6.07, 6.45) is -5.21. The molecule has 12 heteroatoms. The molecular formula is C25H24F3NO8. The number of anilines is 1. The highest BCUT2D eigenvalue weighted by Crippen LogP contribution is 2.43. The van der Waals surface area contributed by atoms with Crippen LogP contribution in [0.25, 0.3) is 0 Å². The van der Waals surface area contributed by atoms with Crippen LogP contribution in [0.5, 0.6) is 28.7 Å². The fraction of sp³-hybridized carbons (Fsp3) is 0.280. The Morgan fingerprint density at radius 1 is 1.03 bits per heavy atom. The van der Waals surface area contributed by atoms with Crippen molar-refractivity contribution in [2.45, 2.75) is 25.6 Å². The first kappa shape index (κ1) is 27.2. The molecule has 1 atom stereocenters. The SMILES string of the molecule is COc1cc([C@H](CC(=O)Nc2ccc(OC(F)(F)F)cc2)c2c(O)cc(C)oc2=O)cc(OC)c1OC. The summed E-state index contributed by atoms with van der Waals surface area (Å²) in [7, 11) is 4.20. The molecule has 0 spiro atoms. The van der Waals surface area contributed by atoms with Crippen molar-refractivity contribution >= 4 is 11.6 Å². The number of aromatic hydroxyl groups is 1. The van der Waals surface area contributed by atoms with Gasteiger partial charge in [0.2, 0.25) is 11.7 Å². The maximum atomic E-state index is 13.0. The van der Waals surface area contributed by atoms with Gasteiger partial charge in [0.1, 0.15) is 17.3 Å². The number of nitrogens with one attached hydrogen (secondary N) is 1. The first-order valence-corrected chi connectivity index (χ1v) is 10.7. The maximum absolute atomic E-state index is 13.0. The molecule has 2 N–H and O–H groups in total. The second-order valence-corrected chi connectivity index (χ2v) is 7.78. The Kier molecular flexibility index (Phi) is 8.21. The smallest absolute Gasteiger partial charge is 0.507 e. The number of ether oxygens (including phenoxy) is 4. The van der Waals surface area contributed by atoms with E-state index in [1.165, 1.54) is 58.6 Å². The molecule has 0 aliphatic heterocycles. The van der Waals surface area contributed by atoms with Crippen LogP contribution in [0.3, 0.4) is 0 Å². The molecule has 1 amide bonds. The summed E-state index contributed by atoms with van der Waals surface area (Å²) in [5.41, 5.74) is -0.477. The number of alkyl halides is 3. The number of hydrogen-bond acceptors (Lipinski definition) is 8. The van der Waals surface area contributed by atoms with E-state index in [9.17, 15) is 27.9 Å². The highest BCUT2D eigenvalue weighted by atomic mass is 19.4. The van der Waals surface area contributed by atoms with Crippen LogP contribution in [0.1, 0.15) is 29.2 Å². The summed E-state index contributed by atoms with van der Waals surface area (Å²) in [4.78, 5) is 25.7. The van der Waals surface area contributed by atoms with Crippen LogP contribution in [0.15, 0.2) is 51.7 Å². The second-order valence-electron chi connectivity index (χ2n) is 7.78. The van der Waals surface area contributed by atoms with Crippen molar-refractivity contribution in [2.75, 3.05) is 26.6 Å². The summed E-state index contributed by atoms with van der Waals surface area (Å²) in [5, 5.41) is 13.2. The molecule has 0 unspecified atom stereocenters. The minimum atomic E-state index is -4.85. The zero-order valence-corrected chi connectivity index (χ0v) is 20.3. The van der Waals surface area contributed by atoms with Crippen molar-refractivity contribution in [3.8, 4) is 28.7 Å². The summed E-state index contributed by atoms with van der Waals surface area (Å²) < 4.78 is 62.2. The van der Waals surface area contributed by atoms with Crippen molar-refractivity contribution < 1.29 is 46.4 Å². The third kappa shape index (κ3) is 6.66. The third-order valence-corrected chi connectivity index (χ3v) is 5.29. The molecule has 0 saturated heterocycles. The van der Waals surface area contributed by atoms with Crippen LogP contribution in [-0.2, 0) is 4.79 Å². The number of carbonyl (C=O) groups excluding carboxylic acids is 1. The first-order chi connectivity index (χ1) is 17.4. The molecule has 0 radical (unpaired) electrons. The zero-order valence-electron chi connectivity index (χ0n) is 20.3. The van der Waals surface area contributed by atoms with E-state index in [1.54, 1.807) is 0 Å². The molecule has 0 aliphatic rings. The largest absolute Gasteiger partial charge is 0.573 e. The summed E-state index contributed by atoms with van der Waals surface area (Å²) in [6, 6.07) is 8.85. The lowest BCUT2D eigenvalue weighted by molar-refractivity contribution is -0.274. The fourth-order valence-electron chi connectivity index (χ4n) is 3.75. The monoisotopic (exact) mass is 523 g/mol. The number of rotatable bonds is 9. The molecule has 0 saturated carbocycles. The Bertz CT molecular complexity index is 1290. The van der Waals surface area contributed by atoms with Crippen molar-refractivity contribution in [1.29, 1.82) is 0 Å². The molecule has 3 aromatic rings.